The maximum Gasteiger partial charge on any atom is 0.574 e. The molecule has 0 unspecified atom stereocenters. The van der Waals surface area contributed by atoms with Crippen LogP contribution in [0.25, 0.3) is 0 Å². The second-order valence-electron chi connectivity index (χ2n) is 3.29. The summed E-state index contributed by atoms with van der Waals surface area (Å²) in [5, 5.41) is 19.0. The van der Waals surface area contributed by atoms with Crippen LogP contribution in [-0.2, 0) is 6.42 Å². The minimum Gasteiger partial charge on any atom is -0.387 e. The Labute approximate surface area is 107 Å². The molecular weight excluding hydrogens is 293 g/mol. The van der Waals surface area contributed by atoms with Crippen LogP contribution in [-0.4, -0.2) is 16.3 Å². The summed E-state index contributed by atoms with van der Waals surface area (Å²) in [5.74, 6) is -1.63. The van der Waals surface area contributed by atoms with Crippen molar-refractivity contribution < 1.29 is 31.6 Å². The van der Waals surface area contributed by atoms with Crippen molar-refractivity contribution in [2.24, 2.45) is 0 Å². The Morgan fingerprint density at radius 1 is 1.50 bits per heavy atom. The van der Waals surface area contributed by atoms with Gasteiger partial charge in [-0.15, -0.1) is 13.2 Å². The van der Waals surface area contributed by atoms with E-state index < -0.39 is 47.0 Å². The van der Waals surface area contributed by atoms with Crippen LogP contribution in [0.4, 0.5) is 27.6 Å². The molecule has 0 saturated carbocycles. The number of aromatic nitrogens is 1. The summed E-state index contributed by atoms with van der Waals surface area (Å²) in [6.07, 6.45) is -9.55. The number of hydrogen-bond donors (Lipinski definition) is 0. The molecule has 1 aromatic heterocycles. The minimum absolute atomic E-state index is 0.483. The molecule has 6 nitrogen and oxygen atoms in total. The van der Waals surface area contributed by atoms with E-state index in [0.717, 1.165) is 0 Å². The highest BCUT2D eigenvalue weighted by molar-refractivity contribution is 5.48. The van der Waals surface area contributed by atoms with Crippen LogP contribution < -0.4 is 4.74 Å². The van der Waals surface area contributed by atoms with E-state index in [9.17, 15) is 32.1 Å². The maximum absolute atomic E-state index is 12.7. The van der Waals surface area contributed by atoms with Crippen molar-refractivity contribution in [2.75, 3.05) is 0 Å². The average Bonchev–Trinajstić information content (AvgIpc) is 2.25. The summed E-state index contributed by atoms with van der Waals surface area (Å²) in [6.45, 7) is 0. The van der Waals surface area contributed by atoms with E-state index in [-0.39, 0.29) is 0 Å². The third-order valence-corrected chi connectivity index (χ3v) is 1.94. The van der Waals surface area contributed by atoms with Crippen LogP contribution in [0, 0.1) is 21.4 Å². The molecule has 0 amide bonds. The number of halogens is 5. The van der Waals surface area contributed by atoms with Crippen LogP contribution in [0.5, 0.6) is 5.88 Å². The number of pyridine rings is 1. The minimum atomic E-state index is -5.35. The fraction of sp³-hybridized carbons (Fsp3) is 0.333. The van der Waals surface area contributed by atoms with Gasteiger partial charge in [0.2, 0.25) is 5.88 Å². The van der Waals surface area contributed by atoms with E-state index in [2.05, 4.69) is 9.72 Å². The standard InChI is InChI=1S/C9H4F5N3O3/c10-7(11)6-5(17(18)19)3-4(1-2-15)16-8(6)20-9(12,13)14/h3,7H,1H2. The first-order valence-electron chi connectivity index (χ1n) is 4.74. The van der Waals surface area contributed by atoms with Crippen molar-refractivity contribution in [3.63, 3.8) is 0 Å². The lowest BCUT2D eigenvalue weighted by molar-refractivity contribution is -0.386. The zero-order valence-corrected chi connectivity index (χ0v) is 9.32. The number of ether oxygens (including phenoxy) is 1. The van der Waals surface area contributed by atoms with Gasteiger partial charge < -0.3 is 4.74 Å². The second kappa shape index (κ2) is 5.64. The van der Waals surface area contributed by atoms with E-state index in [4.69, 9.17) is 5.26 Å². The van der Waals surface area contributed by atoms with Gasteiger partial charge in [0.15, 0.2) is 5.56 Å². The first-order valence-corrected chi connectivity index (χ1v) is 4.74. The molecule has 0 atom stereocenters. The lowest BCUT2D eigenvalue weighted by atomic mass is 10.2. The molecule has 1 rings (SSSR count). The van der Waals surface area contributed by atoms with Crippen LogP contribution in [0.2, 0.25) is 0 Å². The van der Waals surface area contributed by atoms with Gasteiger partial charge in [-0.1, -0.05) is 0 Å². The highest BCUT2D eigenvalue weighted by Crippen LogP contribution is 2.38. The van der Waals surface area contributed by atoms with E-state index in [1.807, 2.05) is 0 Å². The Bertz CT molecular complexity index is 567. The van der Waals surface area contributed by atoms with Gasteiger partial charge in [-0.25, -0.2) is 13.8 Å². The second-order valence-corrected chi connectivity index (χ2v) is 3.29. The summed E-state index contributed by atoms with van der Waals surface area (Å²) in [6, 6.07) is 1.99. The Hall–Kier alpha value is -2.51. The quantitative estimate of drug-likeness (QED) is 0.484. The van der Waals surface area contributed by atoms with Crippen LogP contribution in [0.15, 0.2) is 6.07 Å². The van der Waals surface area contributed by atoms with Gasteiger partial charge >= 0.3 is 6.36 Å². The smallest absolute Gasteiger partial charge is 0.387 e. The molecule has 0 aliphatic rings. The number of alkyl halides is 5. The number of nitrogens with zero attached hydrogens (tertiary/aromatic N) is 3. The summed E-state index contributed by atoms with van der Waals surface area (Å²) in [7, 11) is 0. The van der Waals surface area contributed by atoms with E-state index in [1.54, 1.807) is 0 Å². The SMILES string of the molecule is N#CCc1cc([N+](=O)[O-])c(C(F)F)c(OC(F)(F)F)n1. The van der Waals surface area contributed by atoms with Gasteiger partial charge in [-0.2, -0.15) is 5.26 Å². The van der Waals surface area contributed by atoms with Crippen molar-refractivity contribution >= 4 is 5.69 Å². The molecule has 0 radical (unpaired) electrons. The Kier molecular flexibility index (Phi) is 4.38. The van der Waals surface area contributed by atoms with Crippen molar-refractivity contribution in [2.45, 2.75) is 19.2 Å². The largest absolute Gasteiger partial charge is 0.574 e. The fourth-order valence-corrected chi connectivity index (χ4v) is 1.28. The Morgan fingerprint density at radius 2 is 2.10 bits per heavy atom. The number of hydrogen-bond acceptors (Lipinski definition) is 5. The van der Waals surface area contributed by atoms with Crippen molar-refractivity contribution in [1.82, 2.24) is 4.98 Å². The van der Waals surface area contributed by atoms with Crippen molar-refractivity contribution in [3.05, 3.63) is 27.4 Å². The Morgan fingerprint density at radius 3 is 2.50 bits per heavy atom. The lowest BCUT2D eigenvalue weighted by Gasteiger charge is -2.12. The highest BCUT2D eigenvalue weighted by atomic mass is 19.4. The van der Waals surface area contributed by atoms with Crippen LogP contribution >= 0.6 is 0 Å². The molecule has 0 aliphatic carbocycles. The molecule has 1 aromatic rings. The zero-order valence-electron chi connectivity index (χ0n) is 9.32. The van der Waals surface area contributed by atoms with E-state index in [0.29, 0.717) is 6.07 Å². The highest BCUT2D eigenvalue weighted by Gasteiger charge is 2.37. The van der Waals surface area contributed by atoms with Gasteiger partial charge in [0.25, 0.3) is 12.1 Å². The third-order valence-electron chi connectivity index (χ3n) is 1.94. The van der Waals surface area contributed by atoms with Crippen LogP contribution in [0.3, 0.4) is 0 Å². The Balaban J connectivity index is 3.51. The first-order chi connectivity index (χ1) is 9.15. The van der Waals surface area contributed by atoms with Gasteiger partial charge in [-0.05, 0) is 0 Å². The molecule has 1 heterocycles. The van der Waals surface area contributed by atoms with Crippen molar-refractivity contribution in [1.29, 1.82) is 5.26 Å². The molecule has 0 spiro atoms. The topological polar surface area (TPSA) is 89.0 Å². The molecule has 108 valence electrons. The predicted molar refractivity (Wildman–Crippen MR) is 51.8 cm³/mol. The van der Waals surface area contributed by atoms with E-state index >= 15 is 0 Å². The molecular formula is C9H4F5N3O3. The lowest BCUT2D eigenvalue weighted by Crippen LogP contribution is -2.20. The van der Waals surface area contributed by atoms with Crippen LogP contribution in [0.1, 0.15) is 17.7 Å². The summed E-state index contributed by atoms with van der Waals surface area (Å²) < 4.78 is 64.9. The monoisotopic (exact) mass is 297 g/mol. The normalized spacial score (nSPS) is 11.2. The molecule has 0 fully saturated rings. The summed E-state index contributed by atoms with van der Waals surface area (Å²) in [4.78, 5) is 12.4. The first kappa shape index (κ1) is 15.5. The number of nitro groups is 1. The zero-order chi connectivity index (χ0) is 15.5. The van der Waals surface area contributed by atoms with Gasteiger partial charge in [0, 0.05) is 6.07 Å². The number of nitriles is 1. The summed E-state index contributed by atoms with van der Waals surface area (Å²) in [5.41, 5.74) is -3.36. The van der Waals surface area contributed by atoms with E-state index in [1.165, 1.54) is 6.07 Å². The molecule has 20 heavy (non-hydrogen) atoms. The van der Waals surface area contributed by atoms with Gasteiger partial charge in [0.05, 0.1) is 23.1 Å². The predicted octanol–water partition coefficient (Wildman–Crippen LogP) is 2.89. The van der Waals surface area contributed by atoms with Gasteiger partial charge in [-0.3, -0.25) is 10.1 Å². The molecule has 0 aromatic carbocycles. The maximum atomic E-state index is 12.7. The van der Waals surface area contributed by atoms with Crippen molar-refractivity contribution in [3.8, 4) is 11.9 Å². The molecule has 0 aliphatic heterocycles. The third kappa shape index (κ3) is 3.74. The van der Waals surface area contributed by atoms with Gasteiger partial charge in [0.1, 0.15) is 0 Å². The average molecular weight is 297 g/mol. The molecule has 0 N–H and O–H groups in total. The molecule has 0 bridgehead atoms. The molecule has 0 saturated heterocycles. The molecule has 11 heteroatoms. The summed E-state index contributed by atoms with van der Waals surface area (Å²) >= 11 is 0. The number of rotatable bonds is 4. The fourth-order valence-electron chi connectivity index (χ4n) is 1.28.